The van der Waals surface area contributed by atoms with Crippen molar-refractivity contribution in [2.45, 2.75) is 19.5 Å². The number of urea groups is 1. The third-order valence-electron chi connectivity index (χ3n) is 6.41. The van der Waals surface area contributed by atoms with Gasteiger partial charge >= 0.3 is 6.03 Å². The Morgan fingerprint density at radius 2 is 1.78 bits per heavy atom. The van der Waals surface area contributed by atoms with Crippen molar-refractivity contribution in [2.75, 3.05) is 18.6 Å². The van der Waals surface area contributed by atoms with Crippen LogP contribution in [0.25, 0.3) is 6.08 Å². The molecule has 4 amide bonds. The summed E-state index contributed by atoms with van der Waals surface area (Å²) in [5.74, 6) is -0.650. The molecule has 3 aromatic rings. The fraction of sp³-hybridized carbons (Fsp3) is 0.179. The molecule has 0 radical (unpaired) electrons. The normalized spacial score (nSPS) is 16.4. The third-order valence-corrected chi connectivity index (χ3v) is 6.78. The maximum atomic E-state index is 13.1. The fourth-order valence-corrected chi connectivity index (χ4v) is 4.69. The minimum atomic E-state index is -0.734. The number of carbonyl (C=O) groups is 3. The van der Waals surface area contributed by atoms with Crippen LogP contribution in [0.5, 0.6) is 5.75 Å². The first kappa shape index (κ1) is 23.6. The number of fused-ring (bicyclic) bond motifs is 1. The van der Waals surface area contributed by atoms with Gasteiger partial charge in [-0.1, -0.05) is 48.0 Å². The van der Waals surface area contributed by atoms with Crippen LogP contribution >= 0.6 is 11.6 Å². The number of methoxy groups -OCH3 is 1. The van der Waals surface area contributed by atoms with Gasteiger partial charge in [-0.15, -0.1) is 0 Å². The van der Waals surface area contributed by atoms with Gasteiger partial charge in [0, 0.05) is 23.8 Å². The number of barbiturate groups is 1. The summed E-state index contributed by atoms with van der Waals surface area (Å²) in [7, 11) is 1.56. The summed E-state index contributed by atoms with van der Waals surface area (Å²) in [6.45, 7) is 1.60. The van der Waals surface area contributed by atoms with Crippen LogP contribution in [0, 0.1) is 0 Å². The zero-order valence-electron chi connectivity index (χ0n) is 19.7. The predicted molar refractivity (Wildman–Crippen MR) is 138 cm³/mol. The van der Waals surface area contributed by atoms with Crippen molar-refractivity contribution in [2.24, 2.45) is 0 Å². The molecule has 7 nitrogen and oxygen atoms in total. The highest BCUT2D eigenvalue weighted by atomic mass is 35.5. The first-order valence-electron chi connectivity index (χ1n) is 11.6. The van der Waals surface area contributed by atoms with E-state index in [9.17, 15) is 14.4 Å². The highest BCUT2D eigenvalue weighted by molar-refractivity contribution is 6.31. The lowest BCUT2D eigenvalue weighted by Crippen LogP contribution is -2.53. The van der Waals surface area contributed by atoms with E-state index in [1.807, 2.05) is 42.5 Å². The number of nitrogens with one attached hydrogen (secondary N) is 1. The quantitative estimate of drug-likeness (QED) is 0.395. The number of hydrogen-bond acceptors (Lipinski definition) is 5. The minimum Gasteiger partial charge on any atom is -0.497 e. The summed E-state index contributed by atoms with van der Waals surface area (Å²) in [6.07, 6.45) is 2.39. The lowest BCUT2D eigenvalue weighted by atomic mass is 10.0. The molecule has 3 aromatic carbocycles. The Morgan fingerprint density at radius 1 is 1.00 bits per heavy atom. The number of amides is 4. The van der Waals surface area contributed by atoms with Crippen molar-refractivity contribution < 1.29 is 19.1 Å². The Hall–Kier alpha value is -4.10. The zero-order valence-corrected chi connectivity index (χ0v) is 20.4. The van der Waals surface area contributed by atoms with Gasteiger partial charge in [0.05, 0.1) is 13.7 Å². The largest absolute Gasteiger partial charge is 0.497 e. The number of carbonyl (C=O) groups excluding carboxylic acids is 3. The molecule has 5 rings (SSSR count). The molecular formula is C28H24ClN3O4. The Balaban J connectivity index is 1.36. The molecule has 0 aliphatic carbocycles. The molecule has 2 heterocycles. The number of nitrogens with zero attached hydrogens (tertiary/aromatic N) is 2. The molecule has 0 saturated carbocycles. The molecule has 0 aromatic heterocycles. The molecule has 1 N–H and O–H groups in total. The molecular weight excluding hydrogens is 478 g/mol. The number of hydrogen-bond donors (Lipinski definition) is 1. The first-order chi connectivity index (χ1) is 17.4. The molecule has 182 valence electrons. The van der Waals surface area contributed by atoms with Crippen LogP contribution in [0.4, 0.5) is 10.5 Å². The van der Waals surface area contributed by atoms with Gasteiger partial charge in [-0.2, -0.15) is 0 Å². The van der Waals surface area contributed by atoms with Gasteiger partial charge in [-0.3, -0.25) is 19.8 Å². The number of benzene rings is 3. The van der Waals surface area contributed by atoms with Gasteiger partial charge in [0.2, 0.25) is 0 Å². The van der Waals surface area contributed by atoms with Crippen LogP contribution in [0.3, 0.4) is 0 Å². The summed E-state index contributed by atoms with van der Waals surface area (Å²) in [5, 5.41) is 3.02. The third kappa shape index (κ3) is 4.70. The van der Waals surface area contributed by atoms with Crippen LogP contribution in [-0.2, 0) is 29.1 Å². The molecule has 0 unspecified atom stereocenters. The number of ether oxygens (including phenoxy) is 1. The van der Waals surface area contributed by atoms with Gasteiger partial charge in [0.15, 0.2) is 0 Å². The smallest absolute Gasteiger partial charge is 0.331 e. The maximum absolute atomic E-state index is 13.1. The lowest BCUT2D eigenvalue weighted by molar-refractivity contribution is -0.130. The topological polar surface area (TPSA) is 79.0 Å². The van der Waals surface area contributed by atoms with Gasteiger partial charge in [0.1, 0.15) is 11.3 Å². The first-order valence-corrected chi connectivity index (χ1v) is 11.9. The molecule has 2 aliphatic rings. The average molecular weight is 502 g/mol. The molecule has 36 heavy (non-hydrogen) atoms. The Morgan fingerprint density at radius 3 is 2.53 bits per heavy atom. The van der Waals surface area contributed by atoms with E-state index in [1.54, 1.807) is 37.5 Å². The second-order valence-corrected chi connectivity index (χ2v) is 9.11. The zero-order chi connectivity index (χ0) is 25.2. The second kappa shape index (κ2) is 9.87. The van der Waals surface area contributed by atoms with E-state index < -0.39 is 17.8 Å². The lowest BCUT2D eigenvalue weighted by Gasteiger charge is -2.26. The summed E-state index contributed by atoms with van der Waals surface area (Å²) < 4.78 is 5.15. The van der Waals surface area contributed by atoms with E-state index in [-0.39, 0.29) is 12.1 Å². The van der Waals surface area contributed by atoms with Crippen molar-refractivity contribution >= 4 is 41.2 Å². The van der Waals surface area contributed by atoms with E-state index in [2.05, 4.69) is 10.2 Å². The maximum Gasteiger partial charge on any atom is 0.331 e. The van der Waals surface area contributed by atoms with E-state index in [4.69, 9.17) is 16.3 Å². The van der Waals surface area contributed by atoms with Gasteiger partial charge in [-0.05, 0) is 65.1 Å². The molecule has 0 spiro atoms. The molecule has 0 bridgehead atoms. The summed E-state index contributed by atoms with van der Waals surface area (Å²) >= 11 is 6.34. The van der Waals surface area contributed by atoms with Crippen molar-refractivity contribution in [3.05, 3.63) is 99.6 Å². The van der Waals surface area contributed by atoms with Crippen LogP contribution in [-0.4, -0.2) is 36.4 Å². The van der Waals surface area contributed by atoms with E-state index >= 15 is 0 Å². The average Bonchev–Trinajstić information content (AvgIpc) is 3.28. The summed E-state index contributed by atoms with van der Waals surface area (Å²) in [6, 6.07) is 20.0. The molecule has 0 atom stereocenters. The van der Waals surface area contributed by atoms with Crippen LogP contribution in [0.2, 0.25) is 5.02 Å². The Labute approximate surface area is 213 Å². The SMILES string of the molecule is COc1ccc(CN2C(=O)NC(=O)/C(=C/c3ccc4c(c3)CCN4Cc3ccccc3Cl)C2=O)cc1. The molecule has 8 heteroatoms. The summed E-state index contributed by atoms with van der Waals surface area (Å²) in [4.78, 5) is 41.4. The summed E-state index contributed by atoms with van der Waals surface area (Å²) in [5.41, 5.74) is 4.69. The fourth-order valence-electron chi connectivity index (χ4n) is 4.49. The van der Waals surface area contributed by atoms with Crippen LogP contribution in [0.1, 0.15) is 22.3 Å². The van der Waals surface area contributed by atoms with Crippen molar-refractivity contribution in [1.29, 1.82) is 0 Å². The Bertz CT molecular complexity index is 1380. The minimum absolute atomic E-state index is 0.0421. The van der Waals surface area contributed by atoms with Crippen molar-refractivity contribution in [3.63, 3.8) is 0 Å². The van der Waals surface area contributed by atoms with Gasteiger partial charge in [-0.25, -0.2) is 4.79 Å². The monoisotopic (exact) mass is 501 g/mol. The number of rotatable bonds is 6. The molecule has 1 saturated heterocycles. The van der Waals surface area contributed by atoms with E-state index in [0.29, 0.717) is 12.3 Å². The highest BCUT2D eigenvalue weighted by Gasteiger charge is 2.35. The van der Waals surface area contributed by atoms with Gasteiger partial charge < -0.3 is 9.64 Å². The Kier molecular flexibility index (Phi) is 6.48. The second-order valence-electron chi connectivity index (χ2n) is 8.71. The molecule has 2 aliphatic heterocycles. The number of imide groups is 2. The van der Waals surface area contributed by atoms with Crippen LogP contribution in [0.15, 0.2) is 72.3 Å². The van der Waals surface area contributed by atoms with Crippen molar-refractivity contribution in [3.8, 4) is 5.75 Å². The highest BCUT2D eigenvalue weighted by Crippen LogP contribution is 2.32. The van der Waals surface area contributed by atoms with E-state index in [0.717, 1.165) is 50.8 Å². The number of anilines is 1. The van der Waals surface area contributed by atoms with Gasteiger partial charge in [0.25, 0.3) is 11.8 Å². The molecule has 1 fully saturated rings. The van der Waals surface area contributed by atoms with E-state index in [1.165, 1.54) is 0 Å². The van der Waals surface area contributed by atoms with Crippen LogP contribution < -0.4 is 15.0 Å². The number of halogens is 1. The predicted octanol–water partition coefficient (Wildman–Crippen LogP) is 4.57. The standard InChI is InChI=1S/C28H24ClN3O4/c1-36-22-9-6-18(7-10-22)16-32-27(34)23(26(33)30-28(32)35)15-19-8-11-25-20(14-19)12-13-31(25)17-21-4-2-3-5-24(21)29/h2-11,14-15H,12-13,16-17H2,1H3,(H,30,33,35)/b23-15-. The van der Waals surface area contributed by atoms with Crippen molar-refractivity contribution in [1.82, 2.24) is 10.2 Å².